The lowest BCUT2D eigenvalue weighted by Crippen LogP contribution is -2.55. The quantitative estimate of drug-likeness (QED) is 0.361. The zero-order valence-electron chi connectivity index (χ0n) is 12.8. The first-order valence-electron chi connectivity index (χ1n) is 6.87. The van der Waals surface area contributed by atoms with Gasteiger partial charge in [-0.1, -0.05) is 13.8 Å². The molecule has 0 heterocycles. The van der Waals surface area contributed by atoms with E-state index in [-0.39, 0.29) is 12.3 Å². The predicted octanol–water partition coefficient (Wildman–Crippen LogP) is -1.09. The van der Waals surface area contributed by atoms with Crippen molar-refractivity contribution < 1.29 is 29.4 Å². The van der Waals surface area contributed by atoms with Crippen molar-refractivity contribution in [2.75, 3.05) is 0 Å². The lowest BCUT2D eigenvalue weighted by atomic mass is 10.0. The molecule has 0 aromatic heterocycles. The Balaban J connectivity index is 4.87. The van der Waals surface area contributed by atoms with Crippen molar-refractivity contribution in [2.45, 2.75) is 51.7 Å². The van der Waals surface area contributed by atoms with Crippen LogP contribution in [0.5, 0.6) is 0 Å². The van der Waals surface area contributed by atoms with Crippen LogP contribution in [0.4, 0.5) is 0 Å². The summed E-state index contributed by atoms with van der Waals surface area (Å²) in [4.78, 5) is 45.3. The van der Waals surface area contributed by atoms with E-state index in [9.17, 15) is 19.2 Å². The van der Waals surface area contributed by atoms with Crippen LogP contribution in [0.3, 0.4) is 0 Å². The van der Waals surface area contributed by atoms with Crippen molar-refractivity contribution >= 4 is 23.8 Å². The molecule has 9 nitrogen and oxygen atoms in total. The summed E-state index contributed by atoms with van der Waals surface area (Å²) in [5.74, 6) is -4.02. The van der Waals surface area contributed by atoms with Crippen molar-refractivity contribution in [3.05, 3.63) is 0 Å². The molecule has 0 radical (unpaired) electrons. The highest BCUT2D eigenvalue weighted by Gasteiger charge is 2.29. The number of hydrogen-bond acceptors (Lipinski definition) is 5. The fourth-order valence-electron chi connectivity index (χ4n) is 1.61. The third kappa shape index (κ3) is 7.02. The van der Waals surface area contributed by atoms with Crippen molar-refractivity contribution in [2.24, 2.45) is 11.7 Å². The summed E-state index contributed by atoms with van der Waals surface area (Å²) in [6.45, 7) is 4.81. The van der Waals surface area contributed by atoms with E-state index in [1.54, 1.807) is 13.8 Å². The molecule has 2 amide bonds. The van der Waals surface area contributed by atoms with Gasteiger partial charge in [-0.25, -0.2) is 4.79 Å². The number of hydrogen-bond donors (Lipinski definition) is 5. The number of carbonyl (C=O) groups is 4. The van der Waals surface area contributed by atoms with Gasteiger partial charge in [0.15, 0.2) is 0 Å². The molecule has 0 aliphatic heterocycles. The van der Waals surface area contributed by atoms with Crippen molar-refractivity contribution in [3.8, 4) is 0 Å². The highest BCUT2D eigenvalue weighted by Crippen LogP contribution is 2.05. The number of rotatable bonds is 9. The van der Waals surface area contributed by atoms with Crippen molar-refractivity contribution in [1.29, 1.82) is 0 Å². The molecule has 0 aromatic carbocycles. The van der Waals surface area contributed by atoms with Crippen LogP contribution in [-0.2, 0) is 19.2 Å². The Labute approximate surface area is 128 Å². The second kappa shape index (κ2) is 8.98. The Morgan fingerprint density at radius 3 is 1.91 bits per heavy atom. The molecule has 0 rings (SSSR count). The number of carboxylic acids is 2. The SMILES string of the molecule is CC(N)C(=O)NC(C(=O)NC(CCC(=O)O)C(=O)O)C(C)C. The molecule has 0 aromatic rings. The molecule has 3 unspecified atom stereocenters. The van der Waals surface area contributed by atoms with Crippen LogP contribution in [0.1, 0.15) is 33.6 Å². The third-order valence-corrected chi connectivity index (χ3v) is 2.92. The van der Waals surface area contributed by atoms with Gasteiger partial charge < -0.3 is 26.6 Å². The number of carboxylic acid groups (broad SMARTS) is 2. The number of nitrogens with two attached hydrogens (primary N) is 1. The minimum atomic E-state index is -1.34. The van der Waals surface area contributed by atoms with Gasteiger partial charge in [-0.3, -0.25) is 14.4 Å². The number of amides is 2. The lowest BCUT2D eigenvalue weighted by Gasteiger charge is -2.24. The van der Waals surface area contributed by atoms with E-state index in [0.717, 1.165) is 0 Å². The lowest BCUT2D eigenvalue weighted by molar-refractivity contribution is -0.143. The van der Waals surface area contributed by atoms with E-state index in [2.05, 4.69) is 10.6 Å². The van der Waals surface area contributed by atoms with E-state index in [1.165, 1.54) is 6.92 Å². The average Bonchev–Trinajstić information content (AvgIpc) is 2.38. The van der Waals surface area contributed by atoms with Gasteiger partial charge >= 0.3 is 11.9 Å². The van der Waals surface area contributed by atoms with Crippen LogP contribution >= 0.6 is 0 Å². The van der Waals surface area contributed by atoms with Crippen LogP contribution in [0.15, 0.2) is 0 Å². The van der Waals surface area contributed by atoms with Gasteiger partial charge in [0.1, 0.15) is 12.1 Å². The maximum atomic E-state index is 12.1. The maximum Gasteiger partial charge on any atom is 0.326 e. The summed E-state index contributed by atoms with van der Waals surface area (Å²) in [5, 5.41) is 22.3. The zero-order chi connectivity index (χ0) is 17.4. The Kier molecular flexibility index (Phi) is 8.10. The number of carbonyl (C=O) groups excluding carboxylic acids is 2. The second-order valence-corrected chi connectivity index (χ2v) is 5.35. The molecule has 0 spiro atoms. The van der Waals surface area contributed by atoms with Crippen LogP contribution < -0.4 is 16.4 Å². The van der Waals surface area contributed by atoms with Gasteiger partial charge in [-0.05, 0) is 19.3 Å². The van der Waals surface area contributed by atoms with Crippen molar-refractivity contribution in [1.82, 2.24) is 10.6 Å². The summed E-state index contributed by atoms with van der Waals surface area (Å²) in [6, 6.07) is -3.10. The maximum absolute atomic E-state index is 12.1. The number of aliphatic carboxylic acids is 2. The monoisotopic (exact) mass is 317 g/mol. The largest absolute Gasteiger partial charge is 0.481 e. The average molecular weight is 317 g/mol. The fraction of sp³-hybridized carbons (Fsp3) is 0.692. The Bertz CT molecular complexity index is 435. The first-order valence-corrected chi connectivity index (χ1v) is 6.87. The molecule has 0 aliphatic carbocycles. The van der Waals surface area contributed by atoms with Gasteiger partial charge in [0.2, 0.25) is 11.8 Å². The molecule has 0 fully saturated rings. The molecular formula is C13H23N3O6. The molecule has 0 saturated carbocycles. The van der Waals surface area contributed by atoms with Gasteiger partial charge in [-0.15, -0.1) is 0 Å². The second-order valence-electron chi connectivity index (χ2n) is 5.35. The first-order chi connectivity index (χ1) is 10.1. The summed E-state index contributed by atoms with van der Waals surface area (Å²) >= 11 is 0. The summed E-state index contributed by atoms with van der Waals surface area (Å²) in [6.07, 6.45) is -0.641. The van der Waals surface area contributed by atoms with Gasteiger partial charge in [-0.2, -0.15) is 0 Å². The Morgan fingerprint density at radius 1 is 1.00 bits per heavy atom. The first kappa shape index (κ1) is 19.8. The van der Waals surface area contributed by atoms with Gasteiger partial charge in [0.25, 0.3) is 0 Å². The number of nitrogens with one attached hydrogen (secondary N) is 2. The van der Waals surface area contributed by atoms with Crippen LogP contribution in [0.25, 0.3) is 0 Å². The third-order valence-electron chi connectivity index (χ3n) is 2.92. The van der Waals surface area contributed by atoms with E-state index >= 15 is 0 Å². The molecule has 126 valence electrons. The minimum Gasteiger partial charge on any atom is -0.481 e. The van der Waals surface area contributed by atoms with E-state index in [1.807, 2.05) is 0 Å². The van der Waals surface area contributed by atoms with Crippen LogP contribution in [-0.4, -0.2) is 52.1 Å². The minimum absolute atomic E-state index is 0.248. The highest BCUT2D eigenvalue weighted by atomic mass is 16.4. The molecular weight excluding hydrogens is 294 g/mol. The summed E-state index contributed by atoms with van der Waals surface area (Å²) in [7, 11) is 0. The molecule has 3 atom stereocenters. The summed E-state index contributed by atoms with van der Waals surface area (Å²) < 4.78 is 0. The molecule has 0 saturated heterocycles. The van der Waals surface area contributed by atoms with E-state index < -0.39 is 48.3 Å². The molecule has 9 heteroatoms. The van der Waals surface area contributed by atoms with Crippen molar-refractivity contribution in [3.63, 3.8) is 0 Å². The standard InChI is InChI=1S/C13H23N3O6/c1-6(2)10(16-11(19)7(3)14)12(20)15-8(13(21)22)4-5-9(17)18/h6-8,10H,4-5,14H2,1-3H3,(H,15,20)(H,16,19)(H,17,18)(H,21,22). The molecule has 6 N–H and O–H groups in total. The van der Waals surface area contributed by atoms with E-state index in [0.29, 0.717) is 0 Å². The predicted molar refractivity (Wildman–Crippen MR) is 76.9 cm³/mol. The highest BCUT2D eigenvalue weighted by molar-refractivity contribution is 5.91. The topological polar surface area (TPSA) is 159 Å². The van der Waals surface area contributed by atoms with Crippen LogP contribution in [0.2, 0.25) is 0 Å². The Morgan fingerprint density at radius 2 is 1.55 bits per heavy atom. The molecule has 0 bridgehead atoms. The van der Waals surface area contributed by atoms with Crippen LogP contribution in [0, 0.1) is 5.92 Å². The Hall–Kier alpha value is -2.16. The van der Waals surface area contributed by atoms with Gasteiger partial charge in [0, 0.05) is 6.42 Å². The van der Waals surface area contributed by atoms with Gasteiger partial charge in [0.05, 0.1) is 6.04 Å². The molecule has 22 heavy (non-hydrogen) atoms. The fourth-order valence-corrected chi connectivity index (χ4v) is 1.61. The zero-order valence-corrected chi connectivity index (χ0v) is 12.8. The van der Waals surface area contributed by atoms with E-state index in [4.69, 9.17) is 15.9 Å². The summed E-state index contributed by atoms with van der Waals surface area (Å²) in [5.41, 5.74) is 5.41. The molecule has 0 aliphatic rings. The normalized spacial score (nSPS) is 14.8. The smallest absolute Gasteiger partial charge is 0.326 e.